The minimum absolute atomic E-state index is 0.678. The Morgan fingerprint density at radius 3 is 2.61 bits per heavy atom. The molecule has 0 atom stereocenters. The molecule has 0 bridgehead atoms. The van der Waals surface area contributed by atoms with Gasteiger partial charge >= 0.3 is 0 Å². The molecule has 0 fully saturated rings. The van der Waals surface area contributed by atoms with E-state index in [1.165, 1.54) is 0 Å². The summed E-state index contributed by atoms with van der Waals surface area (Å²) in [7, 11) is 0. The van der Waals surface area contributed by atoms with Crippen LogP contribution in [0.1, 0.15) is 0 Å². The van der Waals surface area contributed by atoms with E-state index in [1.807, 2.05) is 54.9 Å². The zero-order valence-electron chi connectivity index (χ0n) is 12.2. The number of rotatable bonds is 1. The van der Waals surface area contributed by atoms with Gasteiger partial charge in [-0.2, -0.15) is 0 Å². The number of benzene rings is 2. The molecular formula is C20H12N2O. The number of furan rings is 1. The van der Waals surface area contributed by atoms with Crippen molar-refractivity contribution in [2.45, 2.75) is 0 Å². The Balaban J connectivity index is 1.91. The number of aromatic nitrogens is 2. The van der Waals surface area contributed by atoms with E-state index < -0.39 is 0 Å². The first-order valence-corrected chi connectivity index (χ1v) is 7.51. The van der Waals surface area contributed by atoms with Crippen molar-refractivity contribution in [3.8, 4) is 11.3 Å². The molecule has 0 saturated heterocycles. The van der Waals surface area contributed by atoms with Crippen molar-refractivity contribution in [1.29, 1.82) is 0 Å². The number of fused-ring (bicyclic) bond motifs is 5. The molecule has 2 aromatic carbocycles. The van der Waals surface area contributed by atoms with Gasteiger partial charge in [-0.25, -0.2) is 4.98 Å². The molecule has 0 spiro atoms. The molecule has 3 nitrogen and oxygen atoms in total. The molecule has 0 radical (unpaired) electrons. The lowest BCUT2D eigenvalue weighted by atomic mass is 10.0. The highest BCUT2D eigenvalue weighted by molar-refractivity contribution is 6.17. The molecule has 0 aliphatic heterocycles. The van der Waals surface area contributed by atoms with Gasteiger partial charge in [-0.1, -0.05) is 30.3 Å². The Bertz CT molecular complexity index is 1160. The van der Waals surface area contributed by atoms with Gasteiger partial charge in [-0.3, -0.25) is 4.98 Å². The van der Waals surface area contributed by atoms with Crippen LogP contribution in [0.2, 0.25) is 0 Å². The summed E-state index contributed by atoms with van der Waals surface area (Å²) < 4.78 is 5.92. The van der Waals surface area contributed by atoms with Crippen LogP contribution in [0.25, 0.3) is 44.1 Å². The third-order valence-electron chi connectivity index (χ3n) is 4.18. The third-order valence-corrected chi connectivity index (χ3v) is 4.18. The van der Waals surface area contributed by atoms with Crippen molar-refractivity contribution in [1.82, 2.24) is 9.97 Å². The standard InChI is InChI=1S/C20H12N2O/c1-2-6-15-14(5-1)12-22-20-19(15)16-11-13(8-9-18(16)23-20)17-7-3-4-10-21-17/h1-12H. The summed E-state index contributed by atoms with van der Waals surface area (Å²) >= 11 is 0. The third kappa shape index (κ3) is 1.83. The van der Waals surface area contributed by atoms with E-state index in [2.05, 4.69) is 28.2 Å². The van der Waals surface area contributed by atoms with Crippen molar-refractivity contribution in [3.05, 3.63) is 73.1 Å². The Hall–Kier alpha value is -3.20. The molecule has 0 aliphatic carbocycles. The molecular weight excluding hydrogens is 284 g/mol. The quantitative estimate of drug-likeness (QED) is 0.427. The molecule has 0 aliphatic rings. The Morgan fingerprint density at radius 2 is 1.70 bits per heavy atom. The van der Waals surface area contributed by atoms with Crippen LogP contribution in [0.15, 0.2) is 77.5 Å². The second-order valence-electron chi connectivity index (χ2n) is 5.55. The number of pyridine rings is 2. The van der Waals surface area contributed by atoms with E-state index in [9.17, 15) is 0 Å². The van der Waals surface area contributed by atoms with E-state index in [1.54, 1.807) is 0 Å². The highest BCUT2D eigenvalue weighted by Crippen LogP contribution is 2.35. The smallest absolute Gasteiger partial charge is 0.227 e. The lowest BCUT2D eigenvalue weighted by Gasteiger charge is -2.01. The molecule has 0 unspecified atom stereocenters. The summed E-state index contributed by atoms with van der Waals surface area (Å²) in [5, 5.41) is 4.42. The normalized spacial score (nSPS) is 11.5. The zero-order valence-corrected chi connectivity index (χ0v) is 12.2. The van der Waals surface area contributed by atoms with Crippen molar-refractivity contribution in [3.63, 3.8) is 0 Å². The largest absolute Gasteiger partial charge is 0.438 e. The minimum Gasteiger partial charge on any atom is -0.438 e. The molecule has 0 N–H and O–H groups in total. The van der Waals surface area contributed by atoms with Gasteiger partial charge in [0.15, 0.2) is 0 Å². The summed E-state index contributed by atoms with van der Waals surface area (Å²) in [6.07, 6.45) is 3.67. The fourth-order valence-electron chi connectivity index (χ4n) is 3.09. The Labute approximate surface area is 132 Å². The second kappa shape index (κ2) is 4.65. The Morgan fingerprint density at radius 1 is 0.783 bits per heavy atom. The van der Waals surface area contributed by atoms with Crippen LogP contribution >= 0.6 is 0 Å². The van der Waals surface area contributed by atoms with Crippen LogP contribution in [0.5, 0.6) is 0 Å². The van der Waals surface area contributed by atoms with Gasteiger partial charge in [0, 0.05) is 28.7 Å². The van der Waals surface area contributed by atoms with Gasteiger partial charge in [0.05, 0.1) is 11.1 Å². The Kier molecular flexibility index (Phi) is 2.50. The summed E-state index contributed by atoms with van der Waals surface area (Å²) in [5.41, 5.74) is 3.56. The molecule has 0 amide bonds. The monoisotopic (exact) mass is 296 g/mol. The summed E-state index contributed by atoms with van der Waals surface area (Å²) in [4.78, 5) is 8.90. The molecule has 3 aromatic heterocycles. The molecule has 5 rings (SSSR count). The maximum Gasteiger partial charge on any atom is 0.227 e. The first-order chi connectivity index (χ1) is 11.4. The maximum absolute atomic E-state index is 5.92. The van der Waals surface area contributed by atoms with Gasteiger partial charge in [0.1, 0.15) is 5.58 Å². The van der Waals surface area contributed by atoms with Crippen LogP contribution in [0.3, 0.4) is 0 Å². The summed E-state index contributed by atoms with van der Waals surface area (Å²) in [6.45, 7) is 0. The fraction of sp³-hybridized carbons (Fsp3) is 0. The molecule has 108 valence electrons. The number of hydrogen-bond donors (Lipinski definition) is 0. The number of nitrogens with zero attached hydrogens (tertiary/aromatic N) is 2. The van der Waals surface area contributed by atoms with Crippen molar-refractivity contribution < 1.29 is 4.42 Å². The maximum atomic E-state index is 5.92. The van der Waals surface area contributed by atoms with Gasteiger partial charge in [-0.05, 0) is 35.7 Å². The van der Waals surface area contributed by atoms with Crippen molar-refractivity contribution in [2.75, 3.05) is 0 Å². The molecule has 5 aromatic rings. The van der Waals surface area contributed by atoms with Crippen LogP contribution < -0.4 is 0 Å². The summed E-state index contributed by atoms with van der Waals surface area (Å²) in [5.74, 6) is 0. The van der Waals surface area contributed by atoms with Gasteiger partial charge in [0.2, 0.25) is 5.71 Å². The van der Waals surface area contributed by atoms with Crippen LogP contribution in [-0.4, -0.2) is 9.97 Å². The zero-order chi connectivity index (χ0) is 15.2. The SMILES string of the molecule is c1ccc(-c2ccc3oc4ncc5ccccc5c4c3c2)nc1. The average molecular weight is 296 g/mol. The first-order valence-electron chi connectivity index (χ1n) is 7.51. The van der Waals surface area contributed by atoms with E-state index in [0.29, 0.717) is 5.71 Å². The van der Waals surface area contributed by atoms with Gasteiger partial charge in [-0.15, -0.1) is 0 Å². The van der Waals surface area contributed by atoms with E-state index in [-0.39, 0.29) is 0 Å². The van der Waals surface area contributed by atoms with Crippen LogP contribution in [0.4, 0.5) is 0 Å². The van der Waals surface area contributed by atoms with Gasteiger partial charge < -0.3 is 4.42 Å². The van der Waals surface area contributed by atoms with Gasteiger partial charge in [0.25, 0.3) is 0 Å². The molecule has 3 heteroatoms. The van der Waals surface area contributed by atoms with Crippen molar-refractivity contribution >= 4 is 32.8 Å². The van der Waals surface area contributed by atoms with Crippen LogP contribution in [0, 0.1) is 0 Å². The first kappa shape index (κ1) is 12.4. The molecule has 23 heavy (non-hydrogen) atoms. The highest BCUT2D eigenvalue weighted by Gasteiger charge is 2.12. The van der Waals surface area contributed by atoms with E-state index in [4.69, 9.17) is 4.42 Å². The summed E-state index contributed by atoms with van der Waals surface area (Å²) in [6, 6.07) is 20.4. The molecule has 3 heterocycles. The number of hydrogen-bond acceptors (Lipinski definition) is 3. The second-order valence-corrected chi connectivity index (χ2v) is 5.55. The van der Waals surface area contributed by atoms with Crippen molar-refractivity contribution in [2.24, 2.45) is 0 Å². The molecule has 0 saturated carbocycles. The van der Waals surface area contributed by atoms with E-state index >= 15 is 0 Å². The minimum atomic E-state index is 0.678. The highest BCUT2D eigenvalue weighted by atomic mass is 16.3. The lowest BCUT2D eigenvalue weighted by molar-refractivity contribution is 0.654. The topological polar surface area (TPSA) is 38.9 Å². The predicted octanol–water partition coefficient (Wildman–Crippen LogP) is 5.20. The lowest BCUT2D eigenvalue weighted by Crippen LogP contribution is -1.81. The van der Waals surface area contributed by atoms with E-state index in [0.717, 1.165) is 38.4 Å². The fourth-order valence-corrected chi connectivity index (χ4v) is 3.09. The average Bonchev–Trinajstić information content (AvgIpc) is 3.00. The van der Waals surface area contributed by atoms with Crippen LogP contribution in [-0.2, 0) is 0 Å². The predicted molar refractivity (Wildman–Crippen MR) is 92.3 cm³/mol.